The van der Waals surface area contributed by atoms with Gasteiger partial charge in [-0.2, -0.15) is 0 Å². The monoisotopic (exact) mass is 364 g/mol. The van der Waals surface area contributed by atoms with Crippen LogP contribution in [0.3, 0.4) is 0 Å². The molecule has 0 atom stereocenters. The van der Waals surface area contributed by atoms with Gasteiger partial charge >= 0.3 is 0 Å². The number of halogens is 2. The van der Waals surface area contributed by atoms with E-state index in [4.69, 9.17) is 11.6 Å². The molecule has 17 heavy (non-hydrogen) atoms. The van der Waals surface area contributed by atoms with E-state index in [1.54, 1.807) is 24.3 Å². The summed E-state index contributed by atoms with van der Waals surface area (Å²) in [5.41, 5.74) is 0.673. The number of nitrogens with zero attached hydrogens (tertiary/aromatic N) is 1. The van der Waals surface area contributed by atoms with Crippen LogP contribution in [-0.2, 0) is 0 Å². The van der Waals surface area contributed by atoms with Crippen LogP contribution < -0.4 is 5.32 Å². The van der Waals surface area contributed by atoms with Gasteiger partial charge in [0.05, 0.1) is 0 Å². The van der Waals surface area contributed by atoms with E-state index in [0.717, 1.165) is 25.9 Å². The Morgan fingerprint density at radius 2 is 1.88 bits per heavy atom. The van der Waals surface area contributed by atoms with Gasteiger partial charge in [-0.05, 0) is 37.1 Å². The molecule has 0 bridgehead atoms. The van der Waals surface area contributed by atoms with Gasteiger partial charge in [-0.3, -0.25) is 4.79 Å². The lowest BCUT2D eigenvalue weighted by Crippen LogP contribution is -2.41. The highest BCUT2D eigenvalue weighted by Crippen LogP contribution is 2.15. The van der Waals surface area contributed by atoms with Crippen LogP contribution in [0, 0.1) is 0 Å². The average Bonchev–Trinajstić information content (AvgIpc) is 2.33. The van der Waals surface area contributed by atoms with Crippen molar-refractivity contribution in [1.29, 1.82) is 0 Å². The minimum absolute atomic E-state index is 0.00595. The lowest BCUT2D eigenvalue weighted by molar-refractivity contribution is 0.0925. The molecular formula is C12H14ClIN2O. The first-order valence-electron chi connectivity index (χ1n) is 5.62. The molecule has 0 radical (unpaired) electrons. The van der Waals surface area contributed by atoms with Crippen molar-refractivity contribution in [3.05, 3.63) is 34.9 Å². The third-order valence-electron chi connectivity index (χ3n) is 2.88. The van der Waals surface area contributed by atoms with Crippen molar-refractivity contribution in [2.24, 2.45) is 0 Å². The molecular weight excluding hydrogens is 351 g/mol. The third kappa shape index (κ3) is 3.82. The first-order chi connectivity index (χ1) is 8.15. The molecule has 2 rings (SSSR count). The first kappa shape index (κ1) is 13.1. The normalized spacial score (nSPS) is 18.0. The Morgan fingerprint density at radius 1 is 1.29 bits per heavy atom. The number of nitrogens with one attached hydrogen (secondary N) is 1. The van der Waals surface area contributed by atoms with E-state index in [1.165, 1.54) is 0 Å². The highest BCUT2D eigenvalue weighted by molar-refractivity contribution is 14.1. The van der Waals surface area contributed by atoms with Gasteiger partial charge in [0.15, 0.2) is 0 Å². The third-order valence-corrected chi connectivity index (χ3v) is 4.10. The minimum Gasteiger partial charge on any atom is -0.349 e. The lowest BCUT2D eigenvalue weighted by atomic mass is 10.1. The van der Waals surface area contributed by atoms with E-state index < -0.39 is 0 Å². The number of amides is 1. The molecule has 0 aromatic heterocycles. The maximum Gasteiger partial charge on any atom is 0.251 e. The Morgan fingerprint density at radius 3 is 2.47 bits per heavy atom. The molecule has 1 heterocycles. The summed E-state index contributed by atoms with van der Waals surface area (Å²) in [7, 11) is 0. The van der Waals surface area contributed by atoms with Crippen LogP contribution in [0.15, 0.2) is 24.3 Å². The van der Waals surface area contributed by atoms with Crippen molar-refractivity contribution in [2.45, 2.75) is 18.9 Å². The highest BCUT2D eigenvalue weighted by atomic mass is 127. The number of benzene rings is 1. The maximum absolute atomic E-state index is 11.9. The summed E-state index contributed by atoms with van der Waals surface area (Å²) in [4.78, 5) is 11.9. The molecule has 0 unspecified atom stereocenters. The summed E-state index contributed by atoms with van der Waals surface area (Å²) in [5, 5.41) is 3.72. The fourth-order valence-electron chi connectivity index (χ4n) is 1.86. The van der Waals surface area contributed by atoms with Crippen molar-refractivity contribution in [3.8, 4) is 0 Å². The standard InChI is InChI=1S/C12H14ClIN2O/c13-10-3-1-9(2-4-10)12(17)15-11-5-7-16(14)8-6-11/h1-4,11H,5-8H2,(H,15,17). The second kappa shape index (κ2) is 6.02. The summed E-state index contributed by atoms with van der Waals surface area (Å²) >= 11 is 8.11. The Bertz CT molecular complexity index is 388. The van der Waals surface area contributed by atoms with Crippen molar-refractivity contribution >= 4 is 40.4 Å². The summed E-state index contributed by atoms with van der Waals surface area (Å²) in [6, 6.07) is 7.29. The van der Waals surface area contributed by atoms with E-state index in [2.05, 4.69) is 31.3 Å². The Kier molecular flexibility index (Phi) is 4.64. The second-order valence-electron chi connectivity index (χ2n) is 4.16. The van der Waals surface area contributed by atoms with Crippen molar-refractivity contribution in [3.63, 3.8) is 0 Å². The summed E-state index contributed by atoms with van der Waals surface area (Å²) < 4.78 is 2.25. The van der Waals surface area contributed by atoms with E-state index in [9.17, 15) is 4.79 Å². The van der Waals surface area contributed by atoms with Gasteiger partial charge in [0.25, 0.3) is 5.91 Å². The molecule has 1 N–H and O–H groups in total. The molecule has 3 nitrogen and oxygen atoms in total. The van der Waals surface area contributed by atoms with Crippen molar-refractivity contribution in [2.75, 3.05) is 13.1 Å². The van der Waals surface area contributed by atoms with Crippen molar-refractivity contribution < 1.29 is 4.79 Å². The highest BCUT2D eigenvalue weighted by Gasteiger charge is 2.19. The van der Waals surface area contributed by atoms with E-state index in [-0.39, 0.29) is 5.91 Å². The zero-order chi connectivity index (χ0) is 12.3. The largest absolute Gasteiger partial charge is 0.349 e. The zero-order valence-electron chi connectivity index (χ0n) is 9.33. The molecule has 1 aliphatic rings. The fourth-order valence-corrected chi connectivity index (χ4v) is 2.55. The van der Waals surface area contributed by atoms with Crippen LogP contribution in [0.25, 0.3) is 0 Å². The number of carbonyl (C=O) groups excluding carboxylic acids is 1. The van der Waals surface area contributed by atoms with Gasteiger partial charge in [0.1, 0.15) is 0 Å². The zero-order valence-corrected chi connectivity index (χ0v) is 12.2. The molecule has 1 aromatic rings. The number of rotatable bonds is 2. The summed E-state index contributed by atoms with van der Waals surface area (Å²) in [5.74, 6) is -0.00595. The molecule has 1 amide bonds. The van der Waals surface area contributed by atoms with Crippen LogP contribution in [0.2, 0.25) is 5.02 Å². The Hall–Kier alpha value is -0.330. The molecule has 1 aromatic carbocycles. The van der Waals surface area contributed by atoms with Crippen LogP contribution >= 0.6 is 34.5 Å². The maximum atomic E-state index is 11.9. The molecule has 0 aliphatic carbocycles. The van der Waals surface area contributed by atoms with Gasteiger partial charge in [-0.25, -0.2) is 3.11 Å². The predicted octanol–water partition coefficient (Wildman–Crippen LogP) is 2.88. The van der Waals surface area contributed by atoms with Gasteiger partial charge in [0, 0.05) is 52.6 Å². The minimum atomic E-state index is -0.00595. The molecule has 1 fully saturated rings. The molecule has 5 heteroatoms. The van der Waals surface area contributed by atoms with Crippen LogP contribution in [0.1, 0.15) is 23.2 Å². The second-order valence-corrected chi connectivity index (χ2v) is 5.97. The molecule has 92 valence electrons. The smallest absolute Gasteiger partial charge is 0.251 e. The quantitative estimate of drug-likeness (QED) is 0.646. The number of hydrogen-bond acceptors (Lipinski definition) is 2. The Balaban J connectivity index is 1.91. The van der Waals surface area contributed by atoms with Crippen molar-refractivity contribution in [1.82, 2.24) is 8.43 Å². The predicted molar refractivity (Wildman–Crippen MR) is 77.5 cm³/mol. The van der Waals surface area contributed by atoms with Crippen LogP contribution in [-0.4, -0.2) is 28.2 Å². The van der Waals surface area contributed by atoms with Gasteiger partial charge in [-0.1, -0.05) is 11.6 Å². The molecule has 0 spiro atoms. The van der Waals surface area contributed by atoms with Crippen LogP contribution in [0.5, 0.6) is 0 Å². The SMILES string of the molecule is O=C(NC1CCN(I)CC1)c1ccc(Cl)cc1. The lowest BCUT2D eigenvalue weighted by Gasteiger charge is -2.28. The summed E-state index contributed by atoms with van der Waals surface area (Å²) in [6.45, 7) is 2.07. The van der Waals surface area contributed by atoms with Gasteiger partial charge < -0.3 is 5.32 Å². The fraction of sp³-hybridized carbons (Fsp3) is 0.417. The van der Waals surface area contributed by atoms with E-state index in [0.29, 0.717) is 16.6 Å². The summed E-state index contributed by atoms with van der Waals surface area (Å²) in [6.07, 6.45) is 2.03. The average molecular weight is 365 g/mol. The Labute approximate surface area is 120 Å². The number of hydrogen-bond donors (Lipinski definition) is 1. The molecule has 0 saturated carbocycles. The number of piperidine rings is 1. The van der Waals surface area contributed by atoms with E-state index in [1.807, 2.05) is 0 Å². The van der Waals surface area contributed by atoms with E-state index >= 15 is 0 Å². The van der Waals surface area contributed by atoms with Crippen LogP contribution in [0.4, 0.5) is 0 Å². The first-order valence-corrected chi connectivity index (χ1v) is 6.96. The number of carbonyl (C=O) groups is 1. The van der Waals surface area contributed by atoms with Gasteiger partial charge in [-0.15, -0.1) is 0 Å². The molecule has 1 saturated heterocycles. The topological polar surface area (TPSA) is 32.3 Å². The molecule has 1 aliphatic heterocycles. The van der Waals surface area contributed by atoms with Gasteiger partial charge in [0.2, 0.25) is 0 Å².